The molecule has 3 aromatic rings. The van der Waals surface area contributed by atoms with Gasteiger partial charge in [-0.2, -0.15) is 0 Å². The SMILES string of the molecule is COC(=O)CN1CCC(Nc2ncc3ncnc(NC(C)c4ccccc4)c3n2)CC1. The highest BCUT2D eigenvalue weighted by atomic mass is 16.5. The first-order valence-corrected chi connectivity index (χ1v) is 10.5. The molecule has 1 aliphatic heterocycles. The Balaban J connectivity index is 1.44. The molecule has 0 aliphatic carbocycles. The summed E-state index contributed by atoms with van der Waals surface area (Å²) in [6.07, 6.45) is 5.05. The van der Waals surface area contributed by atoms with Gasteiger partial charge in [-0.15, -0.1) is 0 Å². The van der Waals surface area contributed by atoms with Crippen LogP contribution in [0.2, 0.25) is 0 Å². The molecule has 0 bridgehead atoms. The molecule has 2 N–H and O–H groups in total. The Kier molecular flexibility index (Phi) is 6.51. The zero-order valence-electron chi connectivity index (χ0n) is 17.8. The van der Waals surface area contributed by atoms with Gasteiger partial charge in [0.2, 0.25) is 5.95 Å². The maximum atomic E-state index is 11.5. The van der Waals surface area contributed by atoms with E-state index in [1.54, 1.807) is 6.20 Å². The van der Waals surface area contributed by atoms with Gasteiger partial charge in [-0.05, 0) is 25.3 Å². The molecular weight excluding hydrogens is 394 g/mol. The van der Waals surface area contributed by atoms with Crippen LogP contribution in [-0.4, -0.2) is 63.6 Å². The maximum Gasteiger partial charge on any atom is 0.319 e. The molecule has 162 valence electrons. The van der Waals surface area contributed by atoms with Crippen LogP contribution in [0.5, 0.6) is 0 Å². The van der Waals surface area contributed by atoms with Gasteiger partial charge in [-0.1, -0.05) is 30.3 Å². The number of carbonyl (C=O) groups is 1. The summed E-state index contributed by atoms with van der Waals surface area (Å²) < 4.78 is 4.75. The van der Waals surface area contributed by atoms with E-state index in [1.165, 1.54) is 19.0 Å². The van der Waals surface area contributed by atoms with Crippen molar-refractivity contribution in [3.05, 3.63) is 48.4 Å². The number of fused-ring (bicyclic) bond motifs is 1. The predicted octanol–water partition coefficient (Wildman–Crippen LogP) is 2.64. The minimum absolute atomic E-state index is 0.0739. The number of methoxy groups -OCH3 is 1. The Hall–Kier alpha value is -3.33. The van der Waals surface area contributed by atoms with Gasteiger partial charge in [0, 0.05) is 19.1 Å². The number of hydrogen-bond donors (Lipinski definition) is 2. The van der Waals surface area contributed by atoms with Crippen LogP contribution >= 0.6 is 0 Å². The van der Waals surface area contributed by atoms with Crippen LogP contribution < -0.4 is 10.6 Å². The smallest absolute Gasteiger partial charge is 0.319 e. The van der Waals surface area contributed by atoms with E-state index in [0.717, 1.165) is 25.9 Å². The van der Waals surface area contributed by atoms with Crippen LogP contribution in [-0.2, 0) is 9.53 Å². The molecule has 31 heavy (non-hydrogen) atoms. The molecule has 1 fully saturated rings. The topological polar surface area (TPSA) is 105 Å². The largest absolute Gasteiger partial charge is 0.468 e. The van der Waals surface area contributed by atoms with E-state index in [4.69, 9.17) is 9.72 Å². The summed E-state index contributed by atoms with van der Waals surface area (Å²) in [5.74, 6) is 1.04. The number of nitrogens with one attached hydrogen (secondary N) is 2. The van der Waals surface area contributed by atoms with E-state index in [1.807, 2.05) is 18.2 Å². The third kappa shape index (κ3) is 5.24. The number of hydrogen-bond acceptors (Lipinski definition) is 9. The van der Waals surface area contributed by atoms with Crippen LogP contribution in [0.1, 0.15) is 31.4 Å². The summed E-state index contributed by atoms with van der Waals surface area (Å²) in [6.45, 7) is 4.07. The number of likely N-dealkylation sites (tertiary alicyclic amines) is 1. The van der Waals surface area contributed by atoms with Gasteiger partial charge in [0.05, 0.1) is 25.9 Å². The van der Waals surface area contributed by atoms with Crippen molar-refractivity contribution in [3.63, 3.8) is 0 Å². The Morgan fingerprint density at radius 3 is 2.71 bits per heavy atom. The highest BCUT2D eigenvalue weighted by Crippen LogP contribution is 2.23. The van der Waals surface area contributed by atoms with Gasteiger partial charge in [0.1, 0.15) is 17.4 Å². The van der Waals surface area contributed by atoms with Gasteiger partial charge in [-0.25, -0.2) is 19.9 Å². The lowest BCUT2D eigenvalue weighted by atomic mass is 10.1. The van der Waals surface area contributed by atoms with E-state index in [0.29, 0.717) is 29.3 Å². The second-order valence-corrected chi connectivity index (χ2v) is 7.70. The third-order valence-corrected chi connectivity index (χ3v) is 5.53. The Labute approximate surface area is 181 Å². The zero-order valence-corrected chi connectivity index (χ0v) is 17.8. The van der Waals surface area contributed by atoms with E-state index in [-0.39, 0.29) is 18.1 Å². The van der Waals surface area contributed by atoms with Crippen LogP contribution in [0.4, 0.5) is 11.8 Å². The number of piperidine rings is 1. The Bertz CT molecular complexity index is 1020. The molecular formula is C22H27N7O2. The van der Waals surface area contributed by atoms with Crippen molar-refractivity contribution in [3.8, 4) is 0 Å². The summed E-state index contributed by atoms with van der Waals surface area (Å²) in [6, 6.07) is 10.5. The number of esters is 1. The van der Waals surface area contributed by atoms with E-state index in [9.17, 15) is 4.79 Å². The van der Waals surface area contributed by atoms with Crippen molar-refractivity contribution >= 4 is 28.8 Å². The highest BCUT2D eigenvalue weighted by Gasteiger charge is 2.22. The molecule has 9 nitrogen and oxygen atoms in total. The highest BCUT2D eigenvalue weighted by molar-refractivity contribution is 5.85. The van der Waals surface area contributed by atoms with Gasteiger partial charge < -0.3 is 15.4 Å². The molecule has 0 spiro atoms. The second kappa shape index (κ2) is 9.65. The zero-order chi connectivity index (χ0) is 21.6. The first kappa shape index (κ1) is 20.9. The molecule has 1 aliphatic rings. The van der Waals surface area contributed by atoms with Crippen LogP contribution in [0.25, 0.3) is 11.0 Å². The monoisotopic (exact) mass is 421 g/mol. The standard InChI is InChI=1S/C22H27N7O2/c1-15(16-6-4-3-5-7-16)26-21-20-18(24-14-25-21)12-23-22(28-20)27-17-8-10-29(11-9-17)13-19(30)31-2/h3-7,12,14-15,17H,8-11,13H2,1-2H3,(H,23,27,28)(H,24,25,26). The molecule has 0 amide bonds. The summed E-state index contributed by atoms with van der Waals surface area (Å²) in [4.78, 5) is 31.4. The molecule has 1 atom stereocenters. The fraction of sp³-hybridized carbons (Fsp3) is 0.409. The quantitative estimate of drug-likeness (QED) is 0.557. The molecule has 4 rings (SSSR count). The van der Waals surface area contributed by atoms with Crippen molar-refractivity contribution in [1.82, 2.24) is 24.8 Å². The number of ether oxygens (including phenoxy) is 1. The van der Waals surface area contributed by atoms with Gasteiger partial charge in [0.25, 0.3) is 0 Å². The lowest BCUT2D eigenvalue weighted by molar-refractivity contribution is -0.142. The van der Waals surface area contributed by atoms with E-state index >= 15 is 0 Å². The minimum atomic E-state index is -0.200. The lowest BCUT2D eigenvalue weighted by Gasteiger charge is -2.31. The average molecular weight is 422 g/mol. The van der Waals surface area contributed by atoms with Crippen molar-refractivity contribution in [2.24, 2.45) is 0 Å². The molecule has 1 unspecified atom stereocenters. The van der Waals surface area contributed by atoms with Crippen LogP contribution in [0.15, 0.2) is 42.9 Å². The Morgan fingerprint density at radius 1 is 1.19 bits per heavy atom. The van der Waals surface area contributed by atoms with Gasteiger partial charge in [0.15, 0.2) is 5.82 Å². The minimum Gasteiger partial charge on any atom is -0.468 e. The fourth-order valence-electron chi connectivity index (χ4n) is 3.72. The lowest BCUT2D eigenvalue weighted by Crippen LogP contribution is -2.41. The van der Waals surface area contributed by atoms with Crippen LogP contribution in [0.3, 0.4) is 0 Å². The maximum absolute atomic E-state index is 11.5. The number of benzene rings is 1. The van der Waals surface area contributed by atoms with Gasteiger partial charge in [-0.3, -0.25) is 9.69 Å². The Morgan fingerprint density at radius 2 is 1.97 bits per heavy atom. The number of nitrogens with zero attached hydrogens (tertiary/aromatic N) is 5. The van der Waals surface area contributed by atoms with Crippen molar-refractivity contribution in [1.29, 1.82) is 0 Å². The summed E-state index contributed by atoms with van der Waals surface area (Å²) in [7, 11) is 1.42. The predicted molar refractivity (Wildman–Crippen MR) is 119 cm³/mol. The molecule has 9 heteroatoms. The molecule has 1 aromatic carbocycles. The molecule has 0 saturated carbocycles. The normalized spacial score (nSPS) is 16.1. The second-order valence-electron chi connectivity index (χ2n) is 7.70. The van der Waals surface area contributed by atoms with Crippen molar-refractivity contribution < 1.29 is 9.53 Å². The summed E-state index contributed by atoms with van der Waals surface area (Å²) >= 11 is 0. The average Bonchev–Trinajstić information content (AvgIpc) is 2.81. The summed E-state index contributed by atoms with van der Waals surface area (Å²) in [5.41, 5.74) is 2.54. The first-order chi connectivity index (χ1) is 15.1. The molecule has 2 aromatic heterocycles. The number of anilines is 2. The number of rotatable bonds is 7. The first-order valence-electron chi connectivity index (χ1n) is 10.5. The molecule has 1 saturated heterocycles. The molecule has 3 heterocycles. The fourth-order valence-corrected chi connectivity index (χ4v) is 3.72. The number of aromatic nitrogens is 4. The van der Waals surface area contributed by atoms with Crippen molar-refractivity contribution in [2.75, 3.05) is 37.4 Å². The molecule has 0 radical (unpaired) electrons. The van der Waals surface area contributed by atoms with Crippen LogP contribution in [0, 0.1) is 0 Å². The third-order valence-electron chi connectivity index (χ3n) is 5.53. The number of carbonyl (C=O) groups excluding carboxylic acids is 1. The summed E-state index contributed by atoms with van der Waals surface area (Å²) in [5, 5.41) is 6.87. The van der Waals surface area contributed by atoms with Gasteiger partial charge >= 0.3 is 5.97 Å². The van der Waals surface area contributed by atoms with E-state index < -0.39 is 0 Å². The van der Waals surface area contributed by atoms with E-state index in [2.05, 4.69) is 49.5 Å². The van der Waals surface area contributed by atoms with Crippen molar-refractivity contribution in [2.45, 2.75) is 31.8 Å².